The van der Waals surface area contributed by atoms with E-state index in [4.69, 9.17) is 0 Å². The predicted molar refractivity (Wildman–Crippen MR) is 108 cm³/mol. The number of carboxylic acids is 1. The Morgan fingerprint density at radius 2 is 1.93 bits per heavy atom. The van der Waals surface area contributed by atoms with Crippen molar-refractivity contribution >= 4 is 17.7 Å². The fourth-order valence-corrected chi connectivity index (χ4v) is 3.62. The number of benzene rings is 1. The Morgan fingerprint density at radius 3 is 2.54 bits per heavy atom. The smallest absolute Gasteiger partial charge is 0.305 e. The highest BCUT2D eigenvalue weighted by Crippen LogP contribution is 2.24. The van der Waals surface area contributed by atoms with Crippen LogP contribution in [0.15, 0.2) is 42.6 Å². The van der Waals surface area contributed by atoms with E-state index in [1.54, 1.807) is 0 Å². The molecule has 1 atom stereocenters. The maximum atomic E-state index is 12.8. The topological polar surface area (TPSA) is 82.5 Å². The molecule has 28 heavy (non-hydrogen) atoms. The normalized spacial score (nSPS) is 15.9. The number of piperidine rings is 1. The van der Waals surface area contributed by atoms with Crippen LogP contribution >= 0.6 is 0 Å². The van der Waals surface area contributed by atoms with E-state index in [1.165, 1.54) is 0 Å². The maximum Gasteiger partial charge on any atom is 0.305 e. The zero-order valence-electron chi connectivity index (χ0n) is 16.4. The third-order valence-corrected chi connectivity index (χ3v) is 5.23. The highest BCUT2D eigenvalue weighted by atomic mass is 16.4. The molecule has 3 rings (SSSR count). The number of aryl methyl sites for hydroxylation is 2. The molecule has 2 aromatic rings. The molecule has 0 bridgehead atoms. The summed E-state index contributed by atoms with van der Waals surface area (Å²) in [6.45, 7) is 5.50. The van der Waals surface area contributed by atoms with Crippen LogP contribution in [0.2, 0.25) is 0 Å². The average Bonchev–Trinajstić information content (AvgIpc) is 2.68. The zero-order valence-corrected chi connectivity index (χ0v) is 16.4. The van der Waals surface area contributed by atoms with Crippen LogP contribution in [0.5, 0.6) is 0 Å². The van der Waals surface area contributed by atoms with E-state index in [1.807, 2.05) is 56.4 Å². The molecule has 2 N–H and O–H groups in total. The first-order valence-corrected chi connectivity index (χ1v) is 9.68. The summed E-state index contributed by atoms with van der Waals surface area (Å²) < 4.78 is 0. The van der Waals surface area contributed by atoms with E-state index in [0.717, 1.165) is 48.4 Å². The van der Waals surface area contributed by atoms with Crippen LogP contribution in [-0.2, 0) is 9.59 Å². The van der Waals surface area contributed by atoms with Gasteiger partial charge in [-0.25, -0.2) is 4.98 Å². The van der Waals surface area contributed by atoms with Gasteiger partial charge in [0.05, 0.1) is 12.5 Å². The SMILES string of the molecule is Cc1ccc(N2CCC(C(=O)NC(CC(=O)O)c3cccc(C)c3)CC2)nc1. The predicted octanol–water partition coefficient (Wildman–Crippen LogP) is 3.25. The lowest BCUT2D eigenvalue weighted by Crippen LogP contribution is -2.42. The number of hydrogen-bond acceptors (Lipinski definition) is 4. The number of nitrogens with zero attached hydrogens (tertiary/aromatic N) is 2. The molecule has 0 aliphatic carbocycles. The molecule has 0 spiro atoms. The van der Waals surface area contributed by atoms with Gasteiger partial charge >= 0.3 is 5.97 Å². The van der Waals surface area contributed by atoms with E-state index >= 15 is 0 Å². The summed E-state index contributed by atoms with van der Waals surface area (Å²) in [7, 11) is 0. The van der Waals surface area contributed by atoms with Gasteiger partial charge in [0, 0.05) is 25.2 Å². The van der Waals surface area contributed by atoms with Crippen LogP contribution < -0.4 is 10.2 Å². The Labute approximate surface area is 165 Å². The van der Waals surface area contributed by atoms with Crippen molar-refractivity contribution in [2.24, 2.45) is 5.92 Å². The number of amides is 1. The third kappa shape index (κ3) is 5.09. The molecule has 1 aliphatic rings. The molecule has 1 fully saturated rings. The average molecular weight is 381 g/mol. The molecule has 1 aromatic heterocycles. The van der Waals surface area contributed by atoms with Crippen LogP contribution in [-0.4, -0.2) is 35.1 Å². The molecule has 1 aliphatic heterocycles. The summed E-state index contributed by atoms with van der Waals surface area (Å²) in [4.78, 5) is 30.7. The summed E-state index contributed by atoms with van der Waals surface area (Å²) in [5.74, 6) is -0.160. The van der Waals surface area contributed by atoms with Gasteiger partial charge in [0.2, 0.25) is 5.91 Å². The number of carboxylic acid groups (broad SMARTS) is 1. The summed E-state index contributed by atoms with van der Waals surface area (Å²) in [5, 5.41) is 12.2. The number of pyridine rings is 1. The first-order valence-electron chi connectivity index (χ1n) is 9.68. The molecule has 0 radical (unpaired) electrons. The molecule has 6 nitrogen and oxygen atoms in total. The fourth-order valence-electron chi connectivity index (χ4n) is 3.62. The van der Waals surface area contributed by atoms with Crippen LogP contribution in [0.25, 0.3) is 0 Å². The number of carbonyl (C=O) groups excluding carboxylic acids is 1. The number of anilines is 1. The van der Waals surface area contributed by atoms with Gasteiger partial charge in [-0.15, -0.1) is 0 Å². The molecule has 1 unspecified atom stereocenters. The number of nitrogens with one attached hydrogen (secondary N) is 1. The van der Waals surface area contributed by atoms with Gasteiger partial charge in [0.15, 0.2) is 0 Å². The van der Waals surface area contributed by atoms with Crippen molar-refractivity contribution in [3.05, 3.63) is 59.3 Å². The summed E-state index contributed by atoms with van der Waals surface area (Å²) in [6.07, 6.45) is 3.19. The first kappa shape index (κ1) is 19.9. The lowest BCUT2D eigenvalue weighted by atomic mass is 9.94. The number of aliphatic carboxylic acids is 1. The monoisotopic (exact) mass is 381 g/mol. The second-order valence-corrected chi connectivity index (χ2v) is 7.53. The van der Waals surface area contributed by atoms with Crippen molar-refractivity contribution < 1.29 is 14.7 Å². The molecular formula is C22H27N3O3. The van der Waals surface area contributed by atoms with Crippen molar-refractivity contribution in [3.63, 3.8) is 0 Å². The van der Waals surface area contributed by atoms with E-state index in [-0.39, 0.29) is 18.2 Å². The summed E-state index contributed by atoms with van der Waals surface area (Å²) in [6, 6.07) is 11.2. The van der Waals surface area contributed by atoms with Gasteiger partial charge in [-0.1, -0.05) is 35.9 Å². The third-order valence-electron chi connectivity index (χ3n) is 5.23. The van der Waals surface area contributed by atoms with Crippen molar-refractivity contribution in [1.82, 2.24) is 10.3 Å². The second kappa shape index (κ2) is 8.87. The van der Waals surface area contributed by atoms with Gasteiger partial charge in [-0.3, -0.25) is 9.59 Å². The lowest BCUT2D eigenvalue weighted by molar-refractivity contribution is -0.138. The highest BCUT2D eigenvalue weighted by molar-refractivity contribution is 5.80. The zero-order chi connectivity index (χ0) is 20.1. The van der Waals surface area contributed by atoms with Gasteiger partial charge < -0.3 is 15.3 Å². The quantitative estimate of drug-likeness (QED) is 0.803. The highest BCUT2D eigenvalue weighted by Gasteiger charge is 2.28. The molecule has 1 aromatic carbocycles. The van der Waals surface area contributed by atoms with E-state index < -0.39 is 12.0 Å². The van der Waals surface area contributed by atoms with Gasteiger partial charge in [-0.2, -0.15) is 0 Å². The summed E-state index contributed by atoms with van der Waals surface area (Å²) >= 11 is 0. The molecule has 1 saturated heterocycles. The number of hydrogen-bond donors (Lipinski definition) is 2. The fraction of sp³-hybridized carbons (Fsp3) is 0.409. The largest absolute Gasteiger partial charge is 0.481 e. The van der Waals surface area contributed by atoms with E-state index in [9.17, 15) is 14.7 Å². The van der Waals surface area contributed by atoms with Gasteiger partial charge in [0.1, 0.15) is 5.82 Å². The molecule has 1 amide bonds. The molecule has 2 heterocycles. The second-order valence-electron chi connectivity index (χ2n) is 7.53. The minimum atomic E-state index is -0.924. The van der Waals surface area contributed by atoms with Gasteiger partial charge in [-0.05, 0) is 43.9 Å². The van der Waals surface area contributed by atoms with E-state index in [2.05, 4.69) is 15.2 Å². The molecule has 0 saturated carbocycles. The molecular weight excluding hydrogens is 354 g/mol. The number of carbonyl (C=O) groups is 2. The number of rotatable bonds is 6. The van der Waals surface area contributed by atoms with Crippen molar-refractivity contribution in [1.29, 1.82) is 0 Å². The maximum absolute atomic E-state index is 12.8. The minimum Gasteiger partial charge on any atom is -0.481 e. The summed E-state index contributed by atoms with van der Waals surface area (Å²) in [5.41, 5.74) is 3.00. The van der Waals surface area contributed by atoms with Crippen LogP contribution in [0.4, 0.5) is 5.82 Å². The van der Waals surface area contributed by atoms with Gasteiger partial charge in [0.25, 0.3) is 0 Å². The Bertz CT molecular complexity index is 827. The molecule has 148 valence electrons. The van der Waals surface area contributed by atoms with Crippen molar-refractivity contribution in [2.75, 3.05) is 18.0 Å². The van der Waals surface area contributed by atoms with Crippen molar-refractivity contribution in [2.45, 2.75) is 39.2 Å². The van der Waals surface area contributed by atoms with E-state index in [0.29, 0.717) is 0 Å². The lowest BCUT2D eigenvalue weighted by Gasteiger charge is -2.33. The molecule has 6 heteroatoms. The Morgan fingerprint density at radius 1 is 1.18 bits per heavy atom. The minimum absolute atomic E-state index is 0.0655. The standard InChI is InChI=1S/C22H27N3O3/c1-15-4-3-5-18(12-15)19(13-21(26)27)24-22(28)17-8-10-25(11-9-17)20-7-6-16(2)14-23-20/h3-7,12,14,17,19H,8-11,13H2,1-2H3,(H,24,28)(H,26,27). The Kier molecular flexibility index (Phi) is 6.29. The Hall–Kier alpha value is -2.89. The first-order chi connectivity index (χ1) is 13.4. The van der Waals surface area contributed by atoms with Crippen molar-refractivity contribution in [3.8, 4) is 0 Å². The number of aromatic nitrogens is 1. The van der Waals surface area contributed by atoms with Crippen LogP contribution in [0.3, 0.4) is 0 Å². The Balaban J connectivity index is 1.61. The van der Waals surface area contributed by atoms with Crippen LogP contribution in [0.1, 0.15) is 42.0 Å². The van der Waals surface area contributed by atoms with Crippen LogP contribution in [0, 0.1) is 19.8 Å².